The second kappa shape index (κ2) is 5.50. The lowest BCUT2D eigenvalue weighted by atomic mass is 9.77. The van der Waals surface area contributed by atoms with Gasteiger partial charge in [-0.25, -0.2) is 0 Å². The molecule has 0 spiro atoms. The van der Waals surface area contributed by atoms with Crippen molar-refractivity contribution in [1.82, 2.24) is 0 Å². The maximum atomic E-state index is 5.66. The third-order valence-electron chi connectivity index (χ3n) is 3.76. The zero-order chi connectivity index (χ0) is 10.6. The van der Waals surface area contributed by atoms with Gasteiger partial charge in [-0.3, -0.25) is 0 Å². The summed E-state index contributed by atoms with van der Waals surface area (Å²) in [4.78, 5) is 0. The van der Waals surface area contributed by atoms with Gasteiger partial charge in [-0.15, -0.1) is 0 Å². The second-order valence-electron chi connectivity index (χ2n) is 5.12. The molecule has 2 unspecified atom stereocenters. The molecule has 1 nitrogen and oxygen atoms in total. The predicted molar refractivity (Wildman–Crippen MR) is 64.9 cm³/mol. The van der Waals surface area contributed by atoms with E-state index in [1.165, 1.54) is 25.7 Å². The Hall–Kier alpha value is 0.440. The Kier molecular flexibility index (Phi) is 4.92. The maximum Gasteiger partial charge on any atom is 0.0576 e. The summed E-state index contributed by atoms with van der Waals surface area (Å²) < 4.78 is 5.66. The fourth-order valence-corrected chi connectivity index (χ4v) is 2.80. The number of hydrogen-bond acceptors (Lipinski definition) is 1. The average Bonchev–Trinajstić information content (AvgIpc) is 2.66. The first-order valence-corrected chi connectivity index (χ1v) is 6.88. The summed E-state index contributed by atoms with van der Waals surface area (Å²) in [6.07, 6.45) is 5.60. The molecule has 2 heteroatoms. The second-order valence-corrected chi connectivity index (χ2v) is 5.68. The van der Waals surface area contributed by atoms with Crippen LogP contribution in [-0.2, 0) is 4.74 Å². The SMILES string of the molecule is CC(C)C(C)(CBr)CCC1CCCO1. The molecular weight excluding hydrogens is 240 g/mol. The zero-order valence-electron chi connectivity index (χ0n) is 9.68. The van der Waals surface area contributed by atoms with Crippen molar-refractivity contribution in [2.75, 3.05) is 11.9 Å². The van der Waals surface area contributed by atoms with Gasteiger partial charge >= 0.3 is 0 Å². The zero-order valence-corrected chi connectivity index (χ0v) is 11.3. The van der Waals surface area contributed by atoms with Gasteiger partial charge in [-0.2, -0.15) is 0 Å². The molecule has 1 fully saturated rings. The van der Waals surface area contributed by atoms with E-state index in [4.69, 9.17) is 4.74 Å². The molecule has 1 rings (SSSR count). The lowest BCUT2D eigenvalue weighted by molar-refractivity contribution is 0.0857. The molecule has 0 radical (unpaired) electrons. The van der Waals surface area contributed by atoms with E-state index in [1.54, 1.807) is 0 Å². The molecule has 0 aliphatic carbocycles. The van der Waals surface area contributed by atoms with E-state index in [9.17, 15) is 0 Å². The smallest absolute Gasteiger partial charge is 0.0576 e. The van der Waals surface area contributed by atoms with Crippen LogP contribution in [0.4, 0.5) is 0 Å². The Bertz CT molecular complexity index is 164. The van der Waals surface area contributed by atoms with Crippen molar-refractivity contribution >= 4 is 15.9 Å². The van der Waals surface area contributed by atoms with Gasteiger partial charge < -0.3 is 4.74 Å². The molecular formula is C12H23BrO. The van der Waals surface area contributed by atoms with Gasteiger partial charge in [0.1, 0.15) is 0 Å². The fourth-order valence-electron chi connectivity index (χ4n) is 1.87. The number of alkyl halides is 1. The van der Waals surface area contributed by atoms with E-state index in [0.717, 1.165) is 17.9 Å². The summed E-state index contributed by atoms with van der Waals surface area (Å²) in [6.45, 7) is 7.99. The summed E-state index contributed by atoms with van der Waals surface area (Å²) in [5.74, 6) is 0.739. The van der Waals surface area contributed by atoms with E-state index in [2.05, 4.69) is 36.7 Å². The van der Waals surface area contributed by atoms with Crippen molar-refractivity contribution in [3.05, 3.63) is 0 Å². The molecule has 0 bridgehead atoms. The van der Waals surface area contributed by atoms with Gasteiger partial charge in [-0.05, 0) is 37.0 Å². The molecule has 1 saturated heterocycles. The number of halogens is 1. The number of hydrogen-bond donors (Lipinski definition) is 0. The molecule has 14 heavy (non-hydrogen) atoms. The van der Waals surface area contributed by atoms with Crippen molar-refractivity contribution in [3.8, 4) is 0 Å². The topological polar surface area (TPSA) is 9.23 Å². The minimum atomic E-state index is 0.436. The highest BCUT2D eigenvalue weighted by Crippen LogP contribution is 2.35. The molecule has 1 aliphatic heterocycles. The molecule has 1 heterocycles. The normalized spacial score (nSPS) is 26.8. The average molecular weight is 263 g/mol. The highest BCUT2D eigenvalue weighted by molar-refractivity contribution is 9.09. The summed E-state index contributed by atoms with van der Waals surface area (Å²) in [5, 5.41) is 1.10. The Balaban J connectivity index is 2.32. The monoisotopic (exact) mass is 262 g/mol. The van der Waals surface area contributed by atoms with Crippen LogP contribution >= 0.6 is 15.9 Å². The Morgan fingerprint density at radius 2 is 2.21 bits per heavy atom. The highest BCUT2D eigenvalue weighted by Gasteiger charge is 2.28. The summed E-state index contributed by atoms with van der Waals surface area (Å²) >= 11 is 3.64. The van der Waals surface area contributed by atoms with Crippen LogP contribution < -0.4 is 0 Å². The van der Waals surface area contributed by atoms with E-state index in [0.29, 0.717) is 11.5 Å². The molecule has 0 saturated carbocycles. The van der Waals surface area contributed by atoms with Gasteiger partial charge in [0.25, 0.3) is 0 Å². The summed E-state index contributed by atoms with van der Waals surface area (Å²) in [7, 11) is 0. The van der Waals surface area contributed by atoms with Crippen LogP contribution in [0, 0.1) is 11.3 Å². The quantitative estimate of drug-likeness (QED) is 0.681. The molecule has 2 atom stereocenters. The van der Waals surface area contributed by atoms with E-state index >= 15 is 0 Å². The lowest BCUT2D eigenvalue weighted by Crippen LogP contribution is -2.26. The van der Waals surface area contributed by atoms with Crippen molar-refractivity contribution in [2.24, 2.45) is 11.3 Å². The highest BCUT2D eigenvalue weighted by atomic mass is 79.9. The van der Waals surface area contributed by atoms with Gasteiger partial charge in [0.15, 0.2) is 0 Å². The van der Waals surface area contributed by atoms with E-state index in [1.807, 2.05) is 0 Å². The van der Waals surface area contributed by atoms with Crippen LogP contribution in [0.25, 0.3) is 0 Å². The number of ether oxygens (including phenoxy) is 1. The first-order valence-electron chi connectivity index (χ1n) is 5.76. The maximum absolute atomic E-state index is 5.66. The summed E-state index contributed by atoms with van der Waals surface area (Å²) in [6, 6.07) is 0. The van der Waals surface area contributed by atoms with Crippen LogP contribution in [0.3, 0.4) is 0 Å². The lowest BCUT2D eigenvalue weighted by Gasteiger charge is -2.32. The molecule has 0 aromatic carbocycles. The minimum Gasteiger partial charge on any atom is -0.378 e. The molecule has 0 N–H and O–H groups in total. The predicted octanol–water partition coefficient (Wildman–Crippen LogP) is 4.00. The van der Waals surface area contributed by atoms with Crippen LogP contribution in [0.2, 0.25) is 0 Å². The van der Waals surface area contributed by atoms with Crippen LogP contribution in [0.1, 0.15) is 46.5 Å². The van der Waals surface area contributed by atoms with Crippen molar-refractivity contribution in [3.63, 3.8) is 0 Å². The Labute approximate surface area is 96.7 Å². The Morgan fingerprint density at radius 1 is 1.50 bits per heavy atom. The van der Waals surface area contributed by atoms with E-state index < -0.39 is 0 Å². The van der Waals surface area contributed by atoms with Gasteiger partial charge in [0, 0.05) is 11.9 Å². The van der Waals surface area contributed by atoms with Crippen molar-refractivity contribution in [1.29, 1.82) is 0 Å². The first-order chi connectivity index (χ1) is 6.58. The molecule has 1 aliphatic rings. The Morgan fingerprint density at radius 3 is 2.64 bits per heavy atom. The van der Waals surface area contributed by atoms with Crippen LogP contribution in [0.5, 0.6) is 0 Å². The van der Waals surface area contributed by atoms with Crippen molar-refractivity contribution < 1.29 is 4.74 Å². The first kappa shape index (κ1) is 12.5. The third kappa shape index (κ3) is 3.23. The molecule has 0 aromatic rings. The standard InChI is InChI=1S/C12H23BrO/c1-10(2)12(3,9-13)7-6-11-5-4-8-14-11/h10-11H,4-9H2,1-3H3. The third-order valence-corrected chi connectivity index (χ3v) is 5.04. The van der Waals surface area contributed by atoms with Gasteiger partial charge in [0.2, 0.25) is 0 Å². The minimum absolute atomic E-state index is 0.436. The van der Waals surface area contributed by atoms with Gasteiger partial charge in [0.05, 0.1) is 6.10 Å². The molecule has 0 aromatic heterocycles. The largest absolute Gasteiger partial charge is 0.378 e. The van der Waals surface area contributed by atoms with Crippen LogP contribution in [0.15, 0.2) is 0 Å². The van der Waals surface area contributed by atoms with Crippen molar-refractivity contribution in [2.45, 2.75) is 52.6 Å². The van der Waals surface area contributed by atoms with Gasteiger partial charge in [-0.1, -0.05) is 36.7 Å². The van der Waals surface area contributed by atoms with Crippen LogP contribution in [-0.4, -0.2) is 18.0 Å². The molecule has 0 amide bonds. The number of rotatable bonds is 5. The fraction of sp³-hybridized carbons (Fsp3) is 1.00. The van der Waals surface area contributed by atoms with E-state index in [-0.39, 0.29) is 0 Å². The summed E-state index contributed by atoms with van der Waals surface area (Å²) in [5.41, 5.74) is 0.436. The molecule has 84 valence electrons.